The third kappa shape index (κ3) is 38.5. The van der Waals surface area contributed by atoms with Crippen LogP contribution in [0.15, 0.2) is 60.8 Å². The summed E-state index contributed by atoms with van der Waals surface area (Å²) in [6, 6.07) is -0.998. The molecule has 0 radical (unpaired) electrons. The van der Waals surface area contributed by atoms with Crippen LogP contribution in [-0.2, 0) is 33.2 Å². The fourth-order valence-corrected chi connectivity index (χ4v) is 12.8. The van der Waals surface area contributed by atoms with Gasteiger partial charge in [-0.1, -0.05) is 267 Å². The summed E-state index contributed by atoms with van der Waals surface area (Å²) >= 11 is 0. The van der Waals surface area contributed by atoms with E-state index in [9.17, 15) is 61.0 Å². The largest absolute Gasteiger partial charge is 0.394 e. The van der Waals surface area contributed by atoms with E-state index in [1.165, 1.54) is 205 Å². The average molecular weight is 1370 g/mol. The smallest absolute Gasteiger partial charge is 0.220 e. The average Bonchev–Trinajstić information content (AvgIpc) is 0.786. The van der Waals surface area contributed by atoms with Gasteiger partial charge >= 0.3 is 0 Å². The molecule has 1 amide bonds. The van der Waals surface area contributed by atoms with Crippen molar-refractivity contribution in [3.8, 4) is 0 Å². The molecular formula is C77H139NO18. The van der Waals surface area contributed by atoms with Crippen molar-refractivity contribution in [2.24, 2.45) is 0 Å². The Morgan fingerprint density at radius 2 is 0.698 bits per heavy atom. The number of hydrogen-bond donors (Lipinski definition) is 12. The quantitative estimate of drug-likeness (QED) is 0.0199. The number of carbonyl (C=O) groups is 1. The van der Waals surface area contributed by atoms with Gasteiger partial charge in [0.15, 0.2) is 18.9 Å². The number of unbranched alkanes of at least 4 members (excludes halogenated alkanes) is 36. The molecular weight excluding hydrogens is 1230 g/mol. The van der Waals surface area contributed by atoms with Crippen LogP contribution in [0.3, 0.4) is 0 Å². The molecule has 0 aromatic rings. The first-order valence-electron chi connectivity index (χ1n) is 38.5. The Balaban J connectivity index is 1.39. The predicted octanol–water partition coefficient (Wildman–Crippen LogP) is 11.9. The Kier molecular flexibility index (Phi) is 53.0. The summed E-state index contributed by atoms with van der Waals surface area (Å²) in [5, 5.41) is 121. The van der Waals surface area contributed by atoms with Gasteiger partial charge in [0.05, 0.1) is 38.6 Å². The normalized spacial score (nSPS) is 27.4. The van der Waals surface area contributed by atoms with Crippen molar-refractivity contribution in [1.82, 2.24) is 5.32 Å². The maximum absolute atomic E-state index is 13.4. The minimum absolute atomic E-state index is 0.233. The lowest BCUT2D eigenvalue weighted by Crippen LogP contribution is -2.66. The van der Waals surface area contributed by atoms with Gasteiger partial charge in [0.2, 0.25) is 5.91 Å². The van der Waals surface area contributed by atoms with Crippen LogP contribution in [0.2, 0.25) is 0 Å². The summed E-state index contributed by atoms with van der Waals surface area (Å²) in [5.41, 5.74) is 0. The van der Waals surface area contributed by atoms with Crippen LogP contribution in [0.4, 0.5) is 0 Å². The summed E-state index contributed by atoms with van der Waals surface area (Å²) in [5.74, 6) is -0.287. The van der Waals surface area contributed by atoms with Gasteiger partial charge in [-0.15, -0.1) is 0 Å². The lowest BCUT2D eigenvalue weighted by Gasteiger charge is -2.48. The Morgan fingerprint density at radius 1 is 0.375 bits per heavy atom. The summed E-state index contributed by atoms with van der Waals surface area (Å²) in [7, 11) is 0. The van der Waals surface area contributed by atoms with Crippen LogP contribution in [0.1, 0.15) is 290 Å². The molecule has 96 heavy (non-hydrogen) atoms. The van der Waals surface area contributed by atoms with E-state index in [1.54, 1.807) is 6.08 Å². The molecule has 19 heteroatoms. The number of nitrogens with one attached hydrogen (secondary N) is 1. The van der Waals surface area contributed by atoms with E-state index < -0.39 is 124 Å². The molecule has 0 aromatic heterocycles. The monoisotopic (exact) mass is 1370 g/mol. The lowest BCUT2D eigenvalue weighted by molar-refractivity contribution is -0.379. The zero-order valence-electron chi connectivity index (χ0n) is 59.6. The number of hydrogen-bond acceptors (Lipinski definition) is 18. The van der Waals surface area contributed by atoms with Gasteiger partial charge in [0.25, 0.3) is 0 Å². The molecule has 3 aliphatic rings. The zero-order valence-corrected chi connectivity index (χ0v) is 59.6. The minimum atomic E-state index is -1.98. The first kappa shape index (κ1) is 87.7. The standard InChI is InChI=1S/C77H139NO18/c1-3-5-7-9-11-13-15-17-19-21-23-25-26-27-28-29-30-31-32-33-34-35-37-39-41-43-45-47-49-51-53-55-65(83)78-60(61(82)54-52-50-48-46-44-42-40-38-36-24-22-20-18-16-14-12-10-8-6-4-2)59-91-75-71(89)68(86)73(63(57-80)93-75)96-77-72(90)69(87)74(64(58-81)94-77)95-76-70(88)67(85)66(84)62(56-79)92-76/h15,17,21,23,36,38,44,46,52,54,60-64,66-77,79-82,84-90H,3-14,16,18-20,22,24-35,37,39-43,45,47-51,53,55-59H2,1-2H3,(H,78,83)/b17-15-,23-21-,38-36+,46-44+,54-52+. The molecule has 3 heterocycles. The number of aliphatic hydroxyl groups is 11. The highest BCUT2D eigenvalue weighted by molar-refractivity contribution is 5.76. The van der Waals surface area contributed by atoms with E-state index in [0.29, 0.717) is 12.8 Å². The van der Waals surface area contributed by atoms with Crippen molar-refractivity contribution in [2.45, 2.75) is 394 Å². The van der Waals surface area contributed by atoms with Crippen molar-refractivity contribution >= 4 is 5.91 Å². The molecule has 0 saturated carbocycles. The summed E-state index contributed by atoms with van der Waals surface area (Å²) in [4.78, 5) is 13.4. The Morgan fingerprint density at radius 3 is 1.10 bits per heavy atom. The number of rotatable bonds is 60. The Hall–Kier alpha value is -2.51. The second-order valence-corrected chi connectivity index (χ2v) is 27.4. The fourth-order valence-electron chi connectivity index (χ4n) is 12.8. The number of aliphatic hydroxyl groups excluding tert-OH is 11. The summed E-state index contributed by atoms with van der Waals surface area (Å²) in [6.45, 7) is 1.72. The molecule has 17 atom stereocenters. The first-order valence-corrected chi connectivity index (χ1v) is 38.5. The molecule has 0 aliphatic carbocycles. The highest BCUT2D eigenvalue weighted by Crippen LogP contribution is 2.33. The van der Waals surface area contributed by atoms with Crippen LogP contribution in [0.5, 0.6) is 0 Å². The van der Waals surface area contributed by atoms with E-state index in [1.807, 2.05) is 6.08 Å². The molecule has 3 fully saturated rings. The van der Waals surface area contributed by atoms with Crippen LogP contribution in [-0.4, -0.2) is 193 Å². The van der Waals surface area contributed by atoms with E-state index in [0.717, 1.165) is 51.4 Å². The van der Waals surface area contributed by atoms with Crippen LogP contribution in [0, 0.1) is 0 Å². The third-order valence-electron chi connectivity index (χ3n) is 19.0. The molecule has 17 unspecified atom stereocenters. The molecule has 12 N–H and O–H groups in total. The maximum Gasteiger partial charge on any atom is 0.220 e. The zero-order chi connectivity index (χ0) is 69.6. The van der Waals surface area contributed by atoms with Gasteiger partial charge in [-0.05, 0) is 77.0 Å². The molecule has 3 saturated heterocycles. The van der Waals surface area contributed by atoms with Gasteiger partial charge in [-0.2, -0.15) is 0 Å². The van der Waals surface area contributed by atoms with Gasteiger partial charge in [0, 0.05) is 6.42 Å². The second kappa shape index (κ2) is 58.0. The van der Waals surface area contributed by atoms with Gasteiger partial charge in [-0.3, -0.25) is 4.79 Å². The molecule has 0 aromatic carbocycles. The first-order chi connectivity index (χ1) is 46.8. The highest BCUT2D eigenvalue weighted by atomic mass is 16.8. The number of amides is 1. The molecule has 3 aliphatic heterocycles. The Bertz CT molecular complexity index is 1970. The van der Waals surface area contributed by atoms with Crippen LogP contribution >= 0.6 is 0 Å². The molecule has 3 rings (SSSR count). The SMILES string of the molecule is CCCCCCC/C=C\C/C=C\CCCCCCCCCCCCCCCCCCCCCC(=O)NC(COC1OC(CO)C(OC2OC(CO)C(OC3OC(CO)C(O)C(O)C3O)C(O)C2O)C(O)C1O)C(O)/C=C/CC/C=C/CC/C=C/CCCCCCCCCCCC. The van der Waals surface area contributed by atoms with Gasteiger partial charge in [-0.25, -0.2) is 0 Å². The lowest BCUT2D eigenvalue weighted by atomic mass is 9.96. The number of allylic oxidation sites excluding steroid dienone is 9. The summed E-state index contributed by atoms with van der Waals surface area (Å²) in [6.07, 6.45) is 46.4. The van der Waals surface area contributed by atoms with Crippen molar-refractivity contribution in [1.29, 1.82) is 0 Å². The molecule has 0 bridgehead atoms. The molecule has 560 valence electrons. The van der Waals surface area contributed by atoms with E-state index >= 15 is 0 Å². The van der Waals surface area contributed by atoms with Gasteiger partial charge in [0.1, 0.15) is 73.2 Å². The van der Waals surface area contributed by atoms with Crippen LogP contribution in [0.25, 0.3) is 0 Å². The summed E-state index contributed by atoms with van der Waals surface area (Å²) < 4.78 is 34.4. The third-order valence-corrected chi connectivity index (χ3v) is 19.0. The van der Waals surface area contributed by atoms with Crippen molar-refractivity contribution in [3.05, 3.63) is 60.8 Å². The van der Waals surface area contributed by atoms with E-state index in [2.05, 4.69) is 67.8 Å². The predicted molar refractivity (Wildman–Crippen MR) is 379 cm³/mol. The topological polar surface area (TPSA) is 307 Å². The molecule has 0 spiro atoms. The van der Waals surface area contributed by atoms with E-state index in [4.69, 9.17) is 28.4 Å². The molecule has 19 nitrogen and oxygen atoms in total. The van der Waals surface area contributed by atoms with E-state index in [-0.39, 0.29) is 18.9 Å². The highest BCUT2D eigenvalue weighted by Gasteiger charge is 2.53. The van der Waals surface area contributed by atoms with Crippen molar-refractivity contribution < 1.29 is 89.4 Å². The van der Waals surface area contributed by atoms with Gasteiger partial charge < -0.3 is 89.9 Å². The van der Waals surface area contributed by atoms with Crippen molar-refractivity contribution in [2.75, 3.05) is 26.4 Å². The van der Waals surface area contributed by atoms with Crippen LogP contribution < -0.4 is 5.32 Å². The Labute approximate surface area is 579 Å². The van der Waals surface area contributed by atoms with Crippen molar-refractivity contribution in [3.63, 3.8) is 0 Å². The number of carbonyl (C=O) groups excluding carboxylic acids is 1. The minimum Gasteiger partial charge on any atom is -0.394 e. The maximum atomic E-state index is 13.4. The fraction of sp³-hybridized carbons (Fsp3) is 0.857. The number of ether oxygens (including phenoxy) is 6. The second-order valence-electron chi connectivity index (χ2n) is 27.4.